The fourth-order valence-corrected chi connectivity index (χ4v) is 4.00. The van der Waals surface area contributed by atoms with E-state index in [-0.39, 0.29) is 43.1 Å². The molecule has 2 heterocycles. The van der Waals surface area contributed by atoms with Gasteiger partial charge in [0, 0.05) is 18.7 Å². The summed E-state index contributed by atoms with van der Waals surface area (Å²) in [5.41, 5.74) is 2.06. The Hall–Kier alpha value is -4.07. The van der Waals surface area contributed by atoms with E-state index < -0.39 is 0 Å². The summed E-state index contributed by atoms with van der Waals surface area (Å²) in [5.74, 6) is 1.11. The van der Waals surface area contributed by atoms with Crippen LogP contribution in [0, 0.1) is 0 Å². The number of Topliss-reactive ketones (excluding diaryl/α,β-unsaturated/α-hetero) is 1. The number of anilines is 1. The van der Waals surface area contributed by atoms with Gasteiger partial charge >= 0.3 is 0 Å². The molecule has 0 saturated heterocycles. The number of ether oxygens (including phenoxy) is 2. The van der Waals surface area contributed by atoms with Gasteiger partial charge in [0.15, 0.2) is 24.8 Å². The second kappa shape index (κ2) is 11.1. The van der Waals surface area contributed by atoms with Crippen LogP contribution in [0.5, 0.6) is 11.5 Å². The van der Waals surface area contributed by atoms with Gasteiger partial charge in [-0.3, -0.25) is 19.3 Å². The minimum atomic E-state index is -0.271. The molecule has 0 unspecified atom stereocenters. The van der Waals surface area contributed by atoms with E-state index >= 15 is 0 Å². The van der Waals surface area contributed by atoms with Crippen molar-refractivity contribution in [3.8, 4) is 11.5 Å². The molecule has 1 aliphatic heterocycles. The number of aryl methyl sites for hydroxylation is 1. The van der Waals surface area contributed by atoms with E-state index in [0.29, 0.717) is 41.6 Å². The summed E-state index contributed by atoms with van der Waals surface area (Å²) in [5, 5.41) is 0. The van der Waals surface area contributed by atoms with E-state index in [4.69, 9.17) is 13.9 Å². The van der Waals surface area contributed by atoms with Crippen LogP contribution in [0.1, 0.15) is 53.0 Å². The first-order valence-corrected chi connectivity index (χ1v) is 12.1. The Morgan fingerprint density at radius 2 is 1.75 bits per heavy atom. The molecule has 0 spiro atoms. The van der Waals surface area contributed by atoms with E-state index in [1.165, 1.54) is 10.5 Å². The Bertz CT molecular complexity index is 1240. The van der Waals surface area contributed by atoms with Crippen molar-refractivity contribution in [3.05, 3.63) is 77.2 Å². The summed E-state index contributed by atoms with van der Waals surface area (Å²) in [4.78, 5) is 41.3. The van der Waals surface area contributed by atoms with Gasteiger partial charge in [0.05, 0.1) is 12.2 Å². The van der Waals surface area contributed by atoms with Crippen molar-refractivity contribution in [1.29, 1.82) is 0 Å². The van der Waals surface area contributed by atoms with Crippen LogP contribution in [0.25, 0.3) is 0 Å². The molecule has 2 amide bonds. The predicted molar refractivity (Wildman–Crippen MR) is 135 cm³/mol. The second-order valence-electron chi connectivity index (χ2n) is 8.40. The number of furan rings is 1. The summed E-state index contributed by atoms with van der Waals surface area (Å²) in [6.45, 7) is 6.89. The average molecular weight is 491 g/mol. The maximum Gasteiger partial charge on any atom is 0.289 e. The quantitative estimate of drug-likeness (QED) is 0.389. The zero-order valence-corrected chi connectivity index (χ0v) is 20.8. The van der Waals surface area contributed by atoms with Crippen LogP contribution in [-0.2, 0) is 17.8 Å². The molecule has 0 N–H and O–H groups in total. The summed E-state index contributed by atoms with van der Waals surface area (Å²) in [7, 11) is 0. The van der Waals surface area contributed by atoms with Crippen LogP contribution in [0.15, 0.2) is 59.0 Å². The zero-order valence-electron chi connectivity index (χ0n) is 20.8. The molecule has 36 heavy (non-hydrogen) atoms. The number of carbonyl (C=O) groups is 3. The normalized spacial score (nSPS) is 12.6. The first kappa shape index (κ1) is 25.0. The Kier molecular flexibility index (Phi) is 7.73. The van der Waals surface area contributed by atoms with E-state index in [2.05, 4.69) is 6.92 Å². The third-order valence-corrected chi connectivity index (χ3v) is 6.16. The molecule has 188 valence electrons. The average Bonchev–Trinajstić information content (AvgIpc) is 3.38. The lowest BCUT2D eigenvalue weighted by atomic mass is 10.1. The van der Waals surface area contributed by atoms with Crippen LogP contribution in [-0.4, -0.2) is 48.8 Å². The number of rotatable bonds is 10. The van der Waals surface area contributed by atoms with Gasteiger partial charge in [-0.15, -0.1) is 0 Å². The van der Waals surface area contributed by atoms with Crippen LogP contribution < -0.4 is 14.4 Å². The van der Waals surface area contributed by atoms with Gasteiger partial charge in [-0.1, -0.05) is 19.1 Å². The summed E-state index contributed by atoms with van der Waals surface area (Å²) in [6.07, 6.45) is 0.928. The number of hydrogen-bond donors (Lipinski definition) is 0. The van der Waals surface area contributed by atoms with Gasteiger partial charge in [-0.25, -0.2) is 0 Å². The van der Waals surface area contributed by atoms with E-state index in [9.17, 15) is 14.4 Å². The molecule has 8 nitrogen and oxygen atoms in total. The van der Waals surface area contributed by atoms with Crippen LogP contribution in [0.3, 0.4) is 0 Å². The standard InChI is InChI=1S/C28H30N2O6/c1-4-19-7-10-21(11-8-19)34-17-24(31)20-9-13-25-23(15-20)30(27(32)18-35-25)16-22-12-14-26(36-22)28(33)29(5-2)6-3/h7-15H,4-6,16-18H2,1-3H3. The third-order valence-electron chi connectivity index (χ3n) is 6.16. The summed E-state index contributed by atoms with van der Waals surface area (Å²) in [6, 6.07) is 15.9. The maximum absolute atomic E-state index is 12.8. The van der Waals surface area contributed by atoms with Crippen molar-refractivity contribution in [3.63, 3.8) is 0 Å². The highest BCUT2D eigenvalue weighted by Gasteiger charge is 2.28. The minimum absolute atomic E-state index is 0.110. The van der Waals surface area contributed by atoms with Gasteiger partial charge < -0.3 is 18.8 Å². The number of fused-ring (bicyclic) bond motifs is 1. The van der Waals surface area contributed by atoms with Crippen molar-refractivity contribution in [1.82, 2.24) is 4.90 Å². The smallest absolute Gasteiger partial charge is 0.289 e. The predicted octanol–water partition coefficient (Wildman–Crippen LogP) is 4.51. The Morgan fingerprint density at radius 3 is 2.44 bits per heavy atom. The molecule has 8 heteroatoms. The van der Waals surface area contributed by atoms with Crippen molar-refractivity contribution >= 4 is 23.3 Å². The fourth-order valence-electron chi connectivity index (χ4n) is 4.00. The number of nitrogens with zero attached hydrogens (tertiary/aromatic N) is 2. The molecule has 2 aromatic carbocycles. The highest BCUT2D eigenvalue weighted by Crippen LogP contribution is 2.34. The van der Waals surface area contributed by atoms with Crippen LogP contribution in [0.4, 0.5) is 5.69 Å². The molecular weight excluding hydrogens is 460 g/mol. The fraction of sp³-hybridized carbons (Fsp3) is 0.321. The number of benzene rings is 2. The topological polar surface area (TPSA) is 89.3 Å². The van der Waals surface area contributed by atoms with E-state index in [1.807, 2.05) is 38.1 Å². The molecule has 1 aromatic heterocycles. The van der Waals surface area contributed by atoms with Gasteiger partial charge in [0.25, 0.3) is 11.8 Å². The number of ketones is 1. The third kappa shape index (κ3) is 5.43. The number of amides is 2. The lowest BCUT2D eigenvalue weighted by molar-refractivity contribution is -0.121. The molecule has 4 rings (SSSR count). The van der Waals surface area contributed by atoms with Gasteiger partial charge in [-0.05, 0) is 68.3 Å². The van der Waals surface area contributed by atoms with Crippen molar-refractivity contribution in [2.24, 2.45) is 0 Å². The summed E-state index contributed by atoms with van der Waals surface area (Å²) < 4.78 is 17.0. The highest BCUT2D eigenvalue weighted by atomic mass is 16.5. The van der Waals surface area contributed by atoms with E-state index in [1.54, 1.807) is 35.2 Å². The largest absolute Gasteiger partial charge is 0.485 e. The Labute approximate surface area is 210 Å². The zero-order chi connectivity index (χ0) is 25.7. The molecule has 0 atom stereocenters. The molecule has 0 fully saturated rings. The monoisotopic (exact) mass is 490 g/mol. The molecule has 3 aromatic rings. The van der Waals surface area contributed by atoms with Crippen molar-refractivity contribution < 1.29 is 28.3 Å². The first-order valence-electron chi connectivity index (χ1n) is 12.1. The van der Waals surface area contributed by atoms with Crippen molar-refractivity contribution in [2.45, 2.75) is 33.7 Å². The van der Waals surface area contributed by atoms with Crippen molar-refractivity contribution in [2.75, 3.05) is 31.2 Å². The van der Waals surface area contributed by atoms with Crippen LogP contribution in [0.2, 0.25) is 0 Å². The van der Waals surface area contributed by atoms with Gasteiger partial charge in [0.1, 0.15) is 17.3 Å². The number of hydrogen-bond acceptors (Lipinski definition) is 6. The lowest BCUT2D eigenvalue weighted by Gasteiger charge is -2.29. The lowest BCUT2D eigenvalue weighted by Crippen LogP contribution is -2.38. The molecule has 0 bridgehead atoms. The number of carbonyl (C=O) groups excluding carboxylic acids is 3. The second-order valence-corrected chi connectivity index (χ2v) is 8.40. The molecule has 0 saturated carbocycles. The molecule has 0 radical (unpaired) electrons. The molecule has 1 aliphatic rings. The Balaban J connectivity index is 1.49. The minimum Gasteiger partial charge on any atom is -0.485 e. The SMILES string of the molecule is CCc1ccc(OCC(=O)c2ccc3c(c2)N(Cc2ccc(C(=O)N(CC)CC)o2)C(=O)CO3)cc1. The summed E-state index contributed by atoms with van der Waals surface area (Å²) >= 11 is 0. The Morgan fingerprint density at radius 1 is 1.00 bits per heavy atom. The molecule has 0 aliphatic carbocycles. The van der Waals surface area contributed by atoms with E-state index in [0.717, 1.165) is 6.42 Å². The maximum atomic E-state index is 12.8. The van der Waals surface area contributed by atoms with Gasteiger partial charge in [-0.2, -0.15) is 0 Å². The van der Waals surface area contributed by atoms with Crippen LogP contribution >= 0.6 is 0 Å². The van der Waals surface area contributed by atoms with Gasteiger partial charge in [0.2, 0.25) is 0 Å². The highest BCUT2D eigenvalue weighted by molar-refractivity contribution is 6.02. The first-order chi connectivity index (χ1) is 17.4. The molecular formula is C28H30N2O6.